The van der Waals surface area contributed by atoms with Gasteiger partial charge in [0.2, 0.25) is 11.8 Å². The summed E-state index contributed by atoms with van der Waals surface area (Å²) in [6.45, 7) is 4.38. The number of hydrogen-bond donors (Lipinski definition) is 2. The maximum absolute atomic E-state index is 12.6. The molecule has 5 heteroatoms. The van der Waals surface area contributed by atoms with Gasteiger partial charge in [0.25, 0.3) is 0 Å². The Morgan fingerprint density at radius 2 is 1.75 bits per heavy atom. The number of primary amides is 1. The standard InChI is InChI=1S/C15H24N2O3/c1-13-3-10-4-14(2,7-13)9-15(5-10,8-13)12(19)17-20-6-11(16)18/h10H,3-9H2,1-2H3,(H2,16,18)(H,17,19). The predicted molar refractivity (Wildman–Crippen MR) is 73.1 cm³/mol. The number of carbonyl (C=O) groups excluding carboxylic acids is 2. The average molecular weight is 280 g/mol. The lowest BCUT2D eigenvalue weighted by Gasteiger charge is -2.64. The van der Waals surface area contributed by atoms with Gasteiger partial charge in [0, 0.05) is 0 Å². The summed E-state index contributed by atoms with van der Waals surface area (Å²) < 4.78 is 0. The Bertz CT molecular complexity index is 444. The van der Waals surface area contributed by atoms with Crippen LogP contribution in [-0.4, -0.2) is 18.4 Å². The van der Waals surface area contributed by atoms with E-state index >= 15 is 0 Å². The first kappa shape index (κ1) is 13.9. The fourth-order valence-corrected chi connectivity index (χ4v) is 5.98. The van der Waals surface area contributed by atoms with Gasteiger partial charge in [-0.1, -0.05) is 13.8 Å². The van der Waals surface area contributed by atoms with Gasteiger partial charge in [-0.3, -0.25) is 14.4 Å². The number of hydroxylamine groups is 1. The molecule has 0 heterocycles. The SMILES string of the molecule is CC12CC3CC(C)(C1)CC(C(=O)NOCC(N)=O)(C3)C2. The van der Waals surface area contributed by atoms with Gasteiger partial charge in [0.05, 0.1) is 5.41 Å². The smallest absolute Gasteiger partial charge is 0.249 e. The van der Waals surface area contributed by atoms with Crippen LogP contribution in [0.4, 0.5) is 0 Å². The maximum Gasteiger partial charge on any atom is 0.249 e. The van der Waals surface area contributed by atoms with Crippen LogP contribution in [0, 0.1) is 22.2 Å². The number of nitrogens with two attached hydrogens (primary N) is 1. The zero-order valence-electron chi connectivity index (χ0n) is 12.3. The minimum atomic E-state index is -0.574. The van der Waals surface area contributed by atoms with Crippen molar-refractivity contribution in [1.29, 1.82) is 0 Å². The highest BCUT2D eigenvalue weighted by molar-refractivity contribution is 5.83. The molecule has 0 aliphatic heterocycles. The molecule has 0 aromatic rings. The lowest BCUT2D eigenvalue weighted by molar-refractivity contribution is -0.180. The molecule has 0 aromatic carbocycles. The molecular formula is C15H24N2O3. The topological polar surface area (TPSA) is 81.4 Å². The second kappa shape index (κ2) is 4.20. The number of nitrogens with one attached hydrogen (secondary N) is 1. The molecule has 0 radical (unpaired) electrons. The molecule has 0 aromatic heterocycles. The third-order valence-corrected chi connectivity index (χ3v) is 5.49. The van der Waals surface area contributed by atoms with E-state index in [9.17, 15) is 9.59 Å². The summed E-state index contributed by atoms with van der Waals surface area (Å²) in [4.78, 5) is 28.2. The molecule has 5 nitrogen and oxygen atoms in total. The molecule has 2 amide bonds. The van der Waals surface area contributed by atoms with Crippen LogP contribution in [0.15, 0.2) is 0 Å². The molecule has 20 heavy (non-hydrogen) atoms. The molecule has 112 valence electrons. The monoisotopic (exact) mass is 280 g/mol. The van der Waals surface area contributed by atoms with E-state index in [1.54, 1.807) is 0 Å². The van der Waals surface area contributed by atoms with E-state index in [1.165, 1.54) is 19.3 Å². The van der Waals surface area contributed by atoms with Crippen molar-refractivity contribution in [2.45, 2.75) is 52.4 Å². The molecular weight excluding hydrogens is 256 g/mol. The van der Waals surface area contributed by atoms with E-state index in [2.05, 4.69) is 19.3 Å². The van der Waals surface area contributed by atoms with Gasteiger partial charge in [-0.15, -0.1) is 0 Å². The number of amides is 2. The summed E-state index contributed by atoms with van der Waals surface area (Å²) in [5, 5.41) is 0. The first-order valence-corrected chi connectivity index (χ1v) is 7.45. The molecule has 2 unspecified atom stereocenters. The summed E-state index contributed by atoms with van der Waals surface area (Å²) in [5.74, 6) is 0.0261. The zero-order valence-corrected chi connectivity index (χ0v) is 12.3. The molecule has 4 aliphatic rings. The first-order chi connectivity index (χ1) is 9.24. The van der Waals surface area contributed by atoms with Gasteiger partial charge in [0.15, 0.2) is 6.61 Å². The Labute approximate surface area is 119 Å². The van der Waals surface area contributed by atoms with Crippen molar-refractivity contribution < 1.29 is 14.4 Å². The maximum atomic E-state index is 12.6. The number of hydrogen-bond acceptors (Lipinski definition) is 3. The molecule has 4 fully saturated rings. The molecule has 0 saturated heterocycles. The molecule has 4 saturated carbocycles. The van der Waals surface area contributed by atoms with Crippen molar-refractivity contribution in [3.63, 3.8) is 0 Å². The quantitative estimate of drug-likeness (QED) is 0.766. The van der Waals surface area contributed by atoms with E-state index in [0.29, 0.717) is 5.92 Å². The van der Waals surface area contributed by atoms with E-state index in [0.717, 1.165) is 19.3 Å². The highest BCUT2D eigenvalue weighted by Gasteiger charge is 2.62. The van der Waals surface area contributed by atoms with Crippen LogP contribution >= 0.6 is 0 Å². The predicted octanol–water partition coefficient (Wildman–Crippen LogP) is 1.52. The summed E-state index contributed by atoms with van der Waals surface area (Å²) in [6, 6.07) is 0. The van der Waals surface area contributed by atoms with Crippen LogP contribution in [0.3, 0.4) is 0 Å². The largest absolute Gasteiger partial charge is 0.368 e. The summed E-state index contributed by atoms with van der Waals surface area (Å²) in [6.07, 6.45) is 6.58. The van der Waals surface area contributed by atoms with E-state index in [1.807, 2.05) is 0 Å². The second-order valence-electron chi connectivity index (χ2n) is 8.10. The lowest BCUT2D eigenvalue weighted by Crippen LogP contribution is -2.59. The van der Waals surface area contributed by atoms with E-state index in [4.69, 9.17) is 10.6 Å². The highest BCUT2D eigenvalue weighted by Crippen LogP contribution is 2.69. The molecule has 3 N–H and O–H groups in total. The Kier molecular flexibility index (Phi) is 2.91. The summed E-state index contributed by atoms with van der Waals surface area (Å²) in [7, 11) is 0. The lowest BCUT2D eigenvalue weighted by atomic mass is 9.40. The summed E-state index contributed by atoms with van der Waals surface area (Å²) in [5.41, 5.74) is 7.75. The van der Waals surface area contributed by atoms with Gasteiger partial charge in [-0.05, 0) is 55.3 Å². The first-order valence-electron chi connectivity index (χ1n) is 7.45. The van der Waals surface area contributed by atoms with E-state index < -0.39 is 5.91 Å². The second-order valence-corrected chi connectivity index (χ2v) is 8.10. The molecule has 2 atom stereocenters. The van der Waals surface area contributed by atoms with Gasteiger partial charge < -0.3 is 5.73 Å². The van der Waals surface area contributed by atoms with Crippen LogP contribution in [0.5, 0.6) is 0 Å². The minimum absolute atomic E-state index is 0.0553. The van der Waals surface area contributed by atoms with Gasteiger partial charge in [0.1, 0.15) is 0 Å². The number of carbonyl (C=O) groups is 2. The van der Waals surface area contributed by atoms with Crippen LogP contribution in [0.1, 0.15) is 52.4 Å². The minimum Gasteiger partial charge on any atom is -0.368 e. The van der Waals surface area contributed by atoms with Crippen molar-refractivity contribution in [2.24, 2.45) is 27.9 Å². The fourth-order valence-electron chi connectivity index (χ4n) is 5.98. The Morgan fingerprint density at radius 3 is 2.25 bits per heavy atom. The van der Waals surface area contributed by atoms with Crippen LogP contribution in [0.25, 0.3) is 0 Å². The van der Waals surface area contributed by atoms with Gasteiger partial charge in [-0.2, -0.15) is 0 Å². The Hall–Kier alpha value is -1.10. The summed E-state index contributed by atoms with van der Waals surface area (Å²) >= 11 is 0. The van der Waals surface area contributed by atoms with Crippen LogP contribution in [0.2, 0.25) is 0 Å². The van der Waals surface area contributed by atoms with Crippen molar-refractivity contribution in [1.82, 2.24) is 5.48 Å². The van der Waals surface area contributed by atoms with Gasteiger partial charge in [-0.25, -0.2) is 5.48 Å². The molecule has 4 rings (SSSR count). The van der Waals surface area contributed by atoms with Crippen molar-refractivity contribution in [3.8, 4) is 0 Å². The molecule has 4 bridgehead atoms. The fraction of sp³-hybridized carbons (Fsp3) is 0.867. The third kappa shape index (κ3) is 2.22. The van der Waals surface area contributed by atoms with Crippen molar-refractivity contribution in [3.05, 3.63) is 0 Å². The zero-order chi connectivity index (χ0) is 14.6. The van der Waals surface area contributed by atoms with Crippen LogP contribution < -0.4 is 11.2 Å². The normalized spacial score (nSPS) is 45.4. The van der Waals surface area contributed by atoms with Crippen LogP contribution in [-0.2, 0) is 14.4 Å². The molecule has 0 spiro atoms. The highest BCUT2D eigenvalue weighted by atomic mass is 16.7. The number of rotatable bonds is 4. The molecule has 4 aliphatic carbocycles. The van der Waals surface area contributed by atoms with E-state index in [-0.39, 0.29) is 28.8 Å². The Morgan fingerprint density at radius 1 is 1.15 bits per heavy atom. The average Bonchev–Trinajstić information content (AvgIpc) is 2.22. The van der Waals surface area contributed by atoms with Crippen molar-refractivity contribution in [2.75, 3.05) is 6.61 Å². The van der Waals surface area contributed by atoms with Gasteiger partial charge >= 0.3 is 0 Å². The Balaban J connectivity index is 1.75. The van der Waals surface area contributed by atoms with Crippen molar-refractivity contribution >= 4 is 11.8 Å². The third-order valence-electron chi connectivity index (χ3n) is 5.49.